The Labute approximate surface area is 216 Å². The summed E-state index contributed by atoms with van der Waals surface area (Å²) in [6.07, 6.45) is 0. The maximum atomic E-state index is 6.34. The highest BCUT2D eigenvalue weighted by Crippen LogP contribution is 2.48. The van der Waals surface area contributed by atoms with E-state index < -0.39 is 0 Å². The van der Waals surface area contributed by atoms with Gasteiger partial charge in [-0.3, -0.25) is 0 Å². The first-order valence-electron chi connectivity index (χ1n) is 12.6. The van der Waals surface area contributed by atoms with Gasteiger partial charge in [0.15, 0.2) is 0 Å². The van der Waals surface area contributed by atoms with Crippen molar-refractivity contribution in [1.82, 2.24) is 4.98 Å². The van der Waals surface area contributed by atoms with Crippen molar-refractivity contribution in [3.63, 3.8) is 0 Å². The molecule has 6 aromatic rings. The molecule has 0 saturated carbocycles. The summed E-state index contributed by atoms with van der Waals surface area (Å²) in [6, 6.07) is 40.7. The van der Waals surface area contributed by atoms with Crippen LogP contribution in [-0.2, 0) is 0 Å². The van der Waals surface area contributed by atoms with E-state index in [4.69, 9.17) is 9.72 Å². The summed E-state index contributed by atoms with van der Waals surface area (Å²) >= 11 is 0. The molecule has 1 aromatic heterocycles. The van der Waals surface area contributed by atoms with Crippen LogP contribution in [0, 0.1) is 13.8 Å². The molecule has 5 aromatic carbocycles. The van der Waals surface area contributed by atoms with Crippen molar-refractivity contribution in [3.8, 4) is 56.3 Å². The molecule has 1 aliphatic rings. The van der Waals surface area contributed by atoms with E-state index in [1.165, 1.54) is 27.6 Å². The molecule has 1 aliphatic heterocycles. The Morgan fingerprint density at radius 1 is 0.486 bits per heavy atom. The number of ether oxygens (including phenoxy) is 1. The van der Waals surface area contributed by atoms with Gasteiger partial charge in [-0.2, -0.15) is 0 Å². The number of aromatic nitrogens is 1. The average molecular weight is 476 g/mol. The van der Waals surface area contributed by atoms with Crippen molar-refractivity contribution in [1.29, 1.82) is 0 Å². The van der Waals surface area contributed by atoms with Crippen molar-refractivity contribution < 1.29 is 4.74 Å². The number of para-hydroxylation sites is 1. The Hall–Kier alpha value is -4.69. The van der Waals surface area contributed by atoms with Crippen LogP contribution in [0.2, 0.25) is 0 Å². The normalized spacial score (nSPS) is 11.7. The van der Waals surface area contributed by atoms with Crippen LogP contribution in [0.4, 0.5) is 0 Å². The van der Waals surface area contributed by atoms with Crippen LogP contribution in [0.3, 0.4) is 0 Å². The fraction of sp³-hybridized carbons (Fsp3) is 0.0571. The molecule has 0 spiro atoms. The van der Waals surface area contributed by atoms with Gasteiger partial charge in [0.2, 0.25) is 0 Å². The number of pyridine rings is 1. The van der Waals surface area contributed by atoms with Gasteiger partial charge in [-0.05, 0) is 60.2 Å². The topological polar surface area (TPSA) is 22.1 Å². The van der Waals surface area contributed by atoms with Gasteiger partial charge >= 0.3 is 0 Å². The molecular formula is C35H25NO. The number of rotatable bonds is 3. The van der Waals surface area contributed by atoms with Gasteiger partial charge in [-0.1, -0.05) is 102 Å². The van der Waals surface area contributed by atoms with Crippen LogP contribution in [0.15, 0.2) is 115 Å². The molecule has 2 heterocycles. The van der Waals surface area contributed by atoms with E-state index in [2.05, 4.69) is 117 Å². The zero-order valence-electron chi connectivity index (χ0n) is 20.8. The fourth-order valence-electron chi connectivity index (χ4n) is 5.26. The van der Waals surface area contributed by atoms with Gasteiger partial charge < -0.3 is 4.74 Å². The summed E-state index contributed by atoms with van der Waals surface area (Å²) in [5.74, 6) is 1.81. The minimum Gasteiger partial charge on any atom is -0.456 e. The average Bonchev–Trinajstić information content (AvgIpc) is 2.94. The highest BCUT2D eigenvalue weighted by molar-refractivity contribution is 6.10. The van der Waals surface area contributed by atoms with Gasteiger partial charge in [-0.25, -0.2) is 4.98 Å². The smallest absolute Gasteiger partial charge is 0.135 e. The van der Waals surface area contributed by atoms with Crippen molar-refractivity contribution >= 4 is 10.8 Å². The molecule has 0 N–H and O–H groups in total. The maximum absolute atomic E-state index is 6.34. The Morgan fingerprint density at radius 3 is 1.78 bits per heavy atom. The van der Waals surface area contributed by atoms with E-state index in [-0.39, 0.29) is 0 Å². The second-order valence-corrected chi connectivity index (χ2v) is 9.80. The van der Waals surface area contributed by atoms with E-state index >= 15 is 0 Å². The number of nitrogens with zero attached hydrogens (tertiary/aromatic N) is 1. The molecule has 0 unspecified atom stereocenters. The Morgan fingerprint density at radius 2 is 1.11 bits per heavy atom. The molecule has 0 fully saturated rings. The second-order valence-electron chi connectivity index (χ2n) is 9.80. The maximum Gasteiger partial charge on any atom is 0.135 e. The minimum absolute atomic E-state index is 0.902. The van der Waals surface area contributed by atoms with Crippen LogP contribution < -0.4 is 4.74 Å². The number of hydrogen-bond donors (Lipinski definition) is 0. The van der Waals surface area contributed by atoms with Crippen molar-refractivity contribution in [3.05, 3.63) is 126 Å². The first-order valence-corrected chi connectivity index (χ1v) is 12.6. The van der Waals surface area contributed by atoms with Crippen LogP contribution in [0.25, 0.3) is 55.5 Å². The molecule has 0 saturated heterocycles. The Bertz CT molecular complexity index is 1730. The molecule has 2 heteroatoms. The second kappa shape index (κ2) is 8.46. The SMILES string of the molecule is Cc1ccc(-c2cc(-c3ccc4c5c(cccc35)-c3ccccc3O4)cc(-c3ccc(C)cc3)n2)cc1. The number of benzene rings is 5. The Kier molecular flexibility index (Phi) is 4.93. The predicted octanol–water partition coefficient (Wildman–Crippen LogP) is 9.63. The zero-order chi connectivity index (χ0) is 24.9. The van der Waals surface area contributed by atoms with Crippen LogP contribution in [0.5, 0.6) is 11.5 Å². The van der Waals surface area contributed by atoms with Crippen molar-refractivity contribution in [2.75, 3.05) is 0 Å². The molecular weight excluding hydrogens is 450 g/mol. The molecule has 37 heavy (non-hydrogen) atoms. The minimum atomic E-state index is 0.902. The Balaban J connectivity index is 1.48. The summed E-state index contributed by atoms with van der Waals surface area (Å²) < 4.78 is 6.34. The lowest BCUT2D eigenvalue weighted by Gasteiger charge is -2.22. The summed E-state index contributed by atoms with van der Waals surface area (Å²) in [5, 5.41) is 2.34. The quantitative estimate of drug-likeness (QED) is 0.254. The van der Waals surface area contributed by atoms with Gasteiger partial charge in [0, 0.05) is 22.1 Å². The zero-order valence-corrected chi connectivity index (χ0v) is 20.8. The monoisotopic (exact) mass is 475 g/mol. The lowest BCUT2D eigenvalue weighted by molar-refractivity contribution is 0.487. The lowest BCUT2D eigenvalue weighted by Crippen LogP contribution is -1.98. The van der Waals surface area contributed by atoms with E-state index in [9.17, 15) is 0 Å². The molecule has 7 rings (SSSR count). The number of aryl methyl sites for hydroxylation is 2. The largest absolute Gasteiger partial charge is 0.456 e. The third-order valence-electron chi connectivity index (χ3n) is 7.23. The lowest BCUT2D eigenvalue weighted by atomic mass is 9.90. The van der Waals surface area contributed by atoms with Gasteiger partial charge in [0.25, 0.3) is 0 Å². The highest BCUT2D eigenvalue weighted by atomic mass is 16.5. The summed E-state index contributed by atoms with van der Waals surface area (Å²) in [6.45, 7) is 4.22. The van der Waals surface area contributed by atoms with Crippen LogP contribution in [0.1, 0.15) is 11.1 Å². The number of fused-ring (bicyclic) bond motifs is 2. The summed E-state index contributed by atoms with van der Waals surface area (Å²) in [7, 11) is 0. The van der Waals surface area contributed by atoms with Gasteiger partial charge in [-0.15, -0.1) is 0 Å². The predicted molar refractivity (Wildman–Crippen MR) is 153 cm³/mol. The molecule has 2 nitrogen and oxygen atoms in total. The molecule has 0 amide bonds. The fourth-order valence-corrected chi connectivity index (χ4v) is 5.26. The van der Waals surface area contributed by atoms with E-state index in [1.807, 2.05) is 12.1 Å². The first-order chi connectivity index (χ1) is 18.1. The first kappa shape index (κ1) is 21.6. The summed E-state index contributed by atoms with van der Waals surface area (Å²) in [5.41, 5.74) is 11.3. The summed E-state index contributed by atoms with van der Waals surface area (Å²) in [4.78, 5) is 5.11. The third kappa shape index (κ3) is 3.70. The van der Waals surface area contributed by atoms with E-state index in [0.29, 0.717) is 0 Å². The van der Waals surface area contributed by atoms with Gasteiger partial charge in [0.1, 0.15) is 11.5 Å². The van der Waals surface area contributed by atoms with Gasteiger partial charge in [0.05, 0.1) is 11.4 Å². The van der Waals surface area contributed by atoms with E-state index in [0.717, 1.165) is 50.5 Å². The standard InChI is InChI=1S/C35H25NO/c1-22-10-14-24(15-11-22)31-20-26(21-32(36-31)25-16-12-23(2)13-17-25)27-18-19-34-35-29(27)7-5-8-30(35)28-6-3-4-9-33(28)37-34/h3-21H,1-2H3. The molecule has 0 atom stereocenters. The van der Waals surface area contributed by atoms with Crippen molar-refractivity contribution in [2.24, 2.45) is 0 Å². The van der Waals surface area contributed by atoms with Crippen LogP contribution >= 0.6 is 0 Å². The third-order valence-corrected chi connectivity index (χ3v) is 7.23. The highest BCUT2D eigenvalue weighted by Gasteiger charge is 2.21. The van der Waals surface area contributed by atoms with Crippen molar-refractivity contribution in [2.45, 2.75) is 13.8 Å². The molecule has 0 radical (unpaired) electrons. The number of hydrogen-bond acceptors (Lipinski definition) is 2. The molecule has 176 valence electrons. The van der Waals surface area contributed by atoms with E-state index in [1.54, 1.807) is 0 Å². The molecule has 0 aliphatic carbocycles. The molecule has 0 bridgehead atoms. The van der Waals surface area contributed by atoms with Crippen LogP contribution in [-0.4, -0.2) is 4.98 Å².